The van der Waals surface area contributed by atoms with Crippen molar-refractivity contribution in [1.82, 2.24) is 5.32 Å². The molecule has 1 spiro atoms. The van der Waals surface area contributed by atoms with Gasteiger partial charge in [-0.25, -0.2) is 0 Å². The fourth-order valence-electron chi connectivity index (χ4n) is 4.80. The van der Waals surface area contributed by atoms with Gasteiger partial charge in [0.05, 0.1) is 0 Å². The van der Waals surface area contributed by atoms with Crippen LogP contribution in [0.3, 0.4) is 0 Å². The van der Waals surface area contributed by atoms with Crippen LogP contribution in [0.5, 0.6) is 0 Å². The van der Waals surface area contributed by atoms with Crippen molar-refractivity contribution in [3.8, 4) is 0 Å². The minimum absolute atomic E-state index is 0.410. The molecule has 1 aromatic rings. The first-order valence-corrected chi connectivity index (χ1v) is 8.82. The van der Waals surface area contributed by atoms with E-state index in [1.807, 2.05) is 0 Å². The zero-order chi connectivity index (χ0) is 14.9. The zero-order valence-corrected chi connectivity index (χ0v) is 14.0. The van der Waals surface area contributed by atoms with Crippen LogP contribution in [0.4, 0.5) is 0 Å². The van der Waals surface area contributed by atoms with Gasteiger partial charge in [-0.05, 0) is 56.0 Å². The van der Waals surface area contributed by atoms with E-state index in [4.69, 9.17) is 0 Å². The van der Waals surface area contributed by atoms with E-state index in [1.54, 1.807) is 5.56 Å². The Hall–Kier alpha value is -0.820. The lowest BCUT2D eigenvalue weighted by Gasteiger charge is -2.56. The van der Waals surface area contributed by atoms with Crippen LogP contribution in [0.1, 0.15) is 63.5 Å². The van der Waals surface area contributed by atoms with Gasteiger partial charge < -0.3 is 5.32 Å². The molecule has 0 radical (unpaired) electrons. The Balaban J connectivity index is 1.74. The maximum Gasteiger partial charge on any atom is 0.00883 e. The molecule has 21 heavy (non-hydrogen) atoms. The molecule has 0 unspecified atom stereocenters. The van der Waals surface area contributed by atoms with Crippen LogP contribution in [0.25, 0.3) is 0 Å². The zero-order valence-electron chi connectivity index (χ0n) is 14.0. The van der Waals surface area contributed by atoms with Crippen LogP contribution < -0.4 is 5.32 Å². The highest BCUT2D eigenvalue weighted by atomic mass is 14.9. The highest BCUT2D eigenvalue weighted by Crippen LogP contribution is 2.62. The van der Waals surface area contributed by atoms with Crippen molar-refractivity contribution in [3.63, 3.8) is 0 Å². The summed E-state index contributed by atoms with van der Waals surface area (Å²) in [5, 5.41) is 3.75. The molecule has 116 valence electrons. The number of rotatable bonds is 5. The fourth-order valence-corrected chi connectivity index (χ4v) is 4.80. The number of benzene rings is 1. The Labute approximate surface area is 130 Å². The Morgan fingerprint density at radius 1 is 1.05 bits per heavy atom. The molecule has 2 saturated carbocycles. The summed E-state index contributed by atoms with van der Waals surface area (Å²) < 4.78 is 0. The molecule has 2 fully saturated rings. The van der Waals surface area contributed by atoms with Gasteiger partial charge in [-0.1, -0.05) is 56.5 Å². The van der Waals surface area contributed by atoms with Gasteiger partial charge in [0.2, 0.25) is 0 Å². The van der Waals surface area contributed by atoms with E-state index in [0.29, 0.717) is 10.8 Å². The number of nitrogens with one attached hydrogen (secondary N) is 1. The smallest absolute Gasteiger partial charge is 0.00883 e. The molecule has 3 rings (SSSR count). The van der Waals surface area contributed by atoms with Crippen LogP contribution in [0.15, 0.2) is 24.3 Å². The van der Waals surface area contributed by atoms with Crippen LogP contribution >= 0.6 is 0 Å². The third-order valence-corrected chi connectivity index (χ3v) is 5.77. The summed E-state index contributed by atoms with van der Waals surface area (Å²) in [6, 6.07) is 9.35. The second-order valence-corrected chi connectivity index (χ2v) is 8.23. The molecule has 0 saturated heterocycles. The quantitative estimate of drug-likeness (QED) is 0.817. The van der Waals surface area contributed by atoms with Crippen LogP contribution in [-0.2, 0) is 5.41 Å². The van der Waals surface area contributed by atoms with Crippen molar-refractivity contribution in [2.24, 2.45) is 11.3 Å². The van der Waals surface area contributed by atoms with E-state index < -0.39 is 0 Å². The summed E-state index contributed by atoms with van der Waals surface area (Å²) in [7, 11) is 0. The molecule has 1 N–H and O–H groups in total. The minimum atomic E-state index is 0.410. The van der Waals surface area contributed by atoms with Crippen LogP contribution in [0, 0.1) is 18.3 Å². The highest BCUT2D eigenvalue weighted by Gasteiger charge is 2.55. The van der Waals surface area contributed by atoms with Crippen molar-refractivity contribution < 1.29 is 0 Å². The summed E-state index contributed by atoms with van der Waals surface area (Å²) in [6.07, 6.45) is 8.70. The van der Waals surface area contributed by atoms with E-state index >= 15 is 0 Å². The first-order chi connectivity index (χ1) is 10.0. The van der Waals surface area contributed by atoms with Crippen molar-refractivity contribution in [1.29, 1.82) is 0 Å². The number of hydrogen-bond donors (Lipinski definition) is 1. The predicted octanol–water partition coefficient (Wildman–Crippen LogP) is 4.83. The van der Waals surface area contributed by atoms with E-state index in [0.717, 1.165) is 19.0 Å². The molecule has 1 heteroatoms. The maximum absolute atomic E-state index is 3.75. The van der Waals surface area contributed by atoms with Gasteiger partial charge in [0, 0.05) is 12.0 Å². The topological polar surface area (TPSA) is 12.0 Å². The summed E-state index contributed by atoms with van der Waals surface area (Å²) in [5.74, 6) is 0.737. The summed E-state index contributed by atoms with van der Waals surface area (Å²) >= 11 is 0. The second-order valence-electron chi connectivity index (χ2n) is 8.23. The average Bonchev–Trinajstić information content (AvgIpc) is 2.87. The molecule has 0 aliphatic heterocycles. The Kier molecular flexibility index (Phi) is 4.14. The second kappa shape index (κ2) is 5.76. The summed E-state index contributed by atoms with van der Waals surface area (Å²) in [5.41, 5.74) is 4.05. The Morgan fingerprint density at radius 3 is 2.24 bits per heavy atom. The Morgan fingerprint density at radius 2 is 1.67 bits per heavy atom. The van der Waals surface area contributed by atoms with Crippen LogP contribution in [0.2, 0.25) is 0 Å². The van der Waals surface area contributed by atoms with E-state index in [1.165, 1.54) is 44.1 Å². The van der Waals surface area contributed by atoms with Gasteiger partial charge in [0.15, 0.2) is 0 Å². The minimum Gasteiger partial charge on any atom is -0.316 e. The van der Waals surface area contributed by atoms with Gasteiger partial charge in [-0.2, -0.15) is 0 Å². The lowest BCUT2D eigenvalue weighted by molar-refractivity contribution is 0.0266. The molecule has 0 heterocycles. The fraction of sp³-hybridized carbons (Fsp3) is 0.700. The number of hydrogen-bond acceptors (Lipinski definition) is 1. The molecule has 1 nitrogen and oxygen atoms in total. The molecule has 0 aromatic heterocycles. The highest BCUT2D eigenvalue weighted by molar-refractivity contribution is 5.34. The number of aryl methyl sites for hydroxylation is 1. The monoisotopic (exact) mass is 285 g/mol. The van der Waals surface area contributed by atoms with Gasteiger partial charge >= 0.3 is 0 Å². The third kappa shape index (κ3) is 3.04. The first-order valence-electron chi connectivity index (χ1n) is 8.82. The third-order valence-electron chi connectivity index (χ3n) is 5.77. The largest absolute Gasteiger partial charge is 0.316 e. The lowest BCUT2D eigenvalue weighted by Crippen LogP contribution is -2.54. The standard InChI is InChI=1S/C20H31N/c1-16(2)12-21-15-20(18-8-6-17(3)7-9-18)13-19(14-20)10-4-5-11-19/h6-9,16,21H,4-5,10-15H2,1-3H3. The van der Waals surface area contributed by atoms with Gasteiger partial charge in [-0.15, -0.1) is 0 Å². The van der Waals surface area contributed by atoms with E-state index in [9.17, 15) is 0 Å². The Bertz CT molecular complexity index is 457. The van der Waals surface area contributed by atoms with Crippen molar-refractivity contribution in [2.45, 2.75) is 64.7 Å². The SMILES string of the molecule is Cc1ccc(C2(CNCC(C)C)CC3(CCCC3)C2)cc1. The molecule has 0 atom stereocenters. The van der Waals surface area contributed by atoms with Crippen molar-refractivity contribution >= 4 is 0 Å². The first kappa shape index (κ1) is 15.1. The molecule has 0 bridgehead atoms. The lowest BCUT2D eigenvalue weighted by atomic mass is 9.49. The van der Waals surface area contributed by atoms with E-state index in [-0.39, 0.29) is 0 Å². The molecule has 2 aliphatic carbocycles. The molecule has 1 aromatic carbocycles. The predicted molar refractivity (Wildman–Crippen MR) is 90.7 cm³/mol. The van der Waals surface area contributed by atoms with Gasteiger partial charge in [0.25, 0.3) is 0 Å². The normalized spacial score (nSPS) is 22.7. The molecule has 0 amide bonds. The molecular formula is C20H31N. The van der Waals surface area contributed by atoms with Crippen molar-refractivity contribution in [3.05, 3.63) is 35.4 Å². The van der Waals surface area contributed by atoms with Gasteiger partial charge in [-0.3, -0.25) is 0 Å². The molecule has 2 aliphatic rings. The van der Waals surface area contributed by atoms with Crippen LogP contribution in [-0.4, -0.2) is 13.1 Å². The molecular weight excluding hydrogens is 254 g/mol. The summed E-state index contributed by atoms with van der Waals surface area (Å²) in [6.45, 7) is 9.08. The van der Waals surface area contributed by atoms with E-state index in [2.05, 4.69) is 50.4 Å². The van der Waals surface area contributed by atoms with Gasteiger partial charge in [0.1, 0.15) is 0 Å². The van der Waals surface area contributed by atoms with Crippen molar-refractivity contribution in [2.75, 3.05) is 13.1 Å². The average molecular weight is 285 g/mol. The summed E-state index contributed by atoms with van der Waals surface area (Å²) in [4.78, 5) is 0. The maximum atomic E-state index is 3.75.